The lowest BCUT2D eigenvalue weighted by molar-refractivity contribution is -0.148. The lowest BCUT2D eigenvalue weighted by atomic mass is 9.98. The molecule has 0 aliphatic rings. The maximum absolute atomic E-state index is 11.5. The van der Waals surface area contributed by atoms with Crippen molar-refractivity contribution in [2.24, 2.45) is 0 Å². The Kier molecular flexibility index (Phi) is 9.37. The van der Waals surface area contributed by atoms with Gasteiger partial charge in [-0.1, -0.05) is 66.7 Å². The monoisotopic (exact) mass is 512 g/mol. The summed E-state index contributed by atoms with van der Waals surface area (Å²) in [6.07, 6.45) is 0.00919. The molecule has 4 aromatic carbocycles. The van der Waals surface area contributed by atoms with Crippen molar-refractivity contribution in [2.45, 2.75) is 18.9 Å². The molecule has 0 bridgehead atoms. The minimum absolute atomic E-state index is 0.241. The molecule has 0 radical (unpaired) electrons. The highest BCUT2D eigenvalue weighted by Gasteiger charge is 2.19. The fourth-order valence-electron chi connectivity index (χ4n) is 4.20. The first-order valence-electron chi connectivity index (χ1n) is 12.5. The van der Waals surface area contributed by atoms with Gasteiger partial charge in [0.1, 0.15) is 17.2 Å². The second-order valence-electron chi connectivity index (χ2n) is 8.74. The number of para-hydroxylation sites is 1. The summed E-state index contributed by atoms with van der Waals surface area (Å²) in [5.41, 5.74) is 4.84. The zero-order valence-electron chi connectivity index (χ0n) is 21.6. The van der Waals surface area contributed by atoms with Gasteiger partial charge >= 0.3 is 5.97 Å². The summed E-state index contributed by atoms with van der Waals surface area (Å²) in [6.45, 7) is 0.973. The number of aliphatic carboxylic acids is 1. The van der Waals surface area contributed by atoms with Crippen LogP contribution < -0.4 is 14.2 Å². The molecule has 4 rings (SSSR count). The molecule has 4 aromatic rings. The van der Waals surface area contributed by atoms with E-state index in [0.717, 1.165) is 28.0 Å². The van der Waals surface area contributed by atoms with E-state index in [-0.39, 0.29) is 6.42 Å². The van der Waals surface area contributed by atoms with E-state index in [1.165, 1.54) is 12.7 Å². The van der Waals surface area contributed by atoms with E-state index in [1.54, 1.807) is 7.11 Å². The van der Waals surface area contributed by atoms with Crippen molar-refractivity contribution in [3.05, 3.63) is 103 Å². The molecular formula is C32H32O6. The molecule has 0 heterocycles. The zero-order chi connectivity index (χ0) is 26.7. The van der Waals surface area contributed by atoms with E-state index >= 15 is 0 Å². The van der Waals surface area contributed by atoms with Crippen LogP contribution in [0.5, 0.6) is 17.2 Å². The van der Waals surface area contributed by atoms with Crippen LogP contribution in [-0.2, 0) is 16.0 Å². The van der Waals surface area contributed by atoms with Crippen LogP contribution in [0.1, 0.15) is 12.0 Å². The summed E-state index contributed by atoms with van der Waals surface area (Å²) in [6, 6.07) is 31.7. The third-order valence-electron chi connectivity index (χ3n) is 6.20. The number of carboxylic acid groups (broad SMARTS) is 1. The van der Waals surface area contributed by atoms with Gasteiger partial charge in [0.25, 0.3) is 0 Å². The topological polar surface area (TPSA) is 74.2 Å². The molecule has 0 aliphatic carbocycles. The van der Waals surface area contributed by atoms with Gasteiger partial charge in [0.2, 0.25) is 0 Å². The first kappa shape index (κ1) is 26.8. The van der Waals surface area contributed by atoms with Crippen LogP contribution in [0.25, 0.3) is 22.3 Å². The molecule has 6 nitrogen and oxygen atoms in total. The third-order valence-corrected chi connectivity index (χ3v) is 6.20. The lowest BCUT2D eigenvalue weighted by Gasteiger charge is -2.17. The number of hydrogen-bond acceptors (Lipinski definition) is 5. The van der Waals surface area contributed by atoms with E-state index in [0.29, 0.717) is 31.1 Å². The number of methoxy groups -OCH3 is 2. The summed E-state index contributed by atoms with van der Waals surface area (Å²) >= 11 is 0. The van der Waals surface area contributed by atoms with Crippen molar-refractivity contribution in [2.75, 3.05) is 27.4 Å². The van der Waals surface area contributed by atoms with Crippen LogP contribution in [0.15, 0.2) is 97.1 Å². The summed E-state index contributed by atoms with van der Waals surface area (Å²) in [5, 5.41) is 9.39. The Morgan fingerprint density at radius 2 is 1.42 bits per heavy atom. The Labute approximate surface area is 223 Å². The average molecular weight is 513 g/mol. The first-order valence-corrected chi connectivity index (χ1v) is 12.5. The lowest BCUT2D eigenvalue weighted by Crippen LogP contribution is -2.24. The van der Waals surface area contributed by atoms with Crippen LogP contribution >= 0.6 is 0 Å². The Bertz CT molecular complexity index is 1320. The smallest absolute Gasteiger partial charge is 0.333 e. The Hall–Kier alpha value is -4.29. The van der Waals surface area contributed by atoms with Gasteiger partial charge in [0.15, 0.2) is 6.10 Å². The molecule has 0 saturated heterocycles. The van der Waals surface area contributed by atoms with Crippen molar-refractivity contribution in [3.8, 4) is 39.5 Å². The summed E-state index contributed by atoms with van der Waals surface area (Å²) in [7, 11) is 3.02. The van der Waals surface area contributed by atoms with E-state index in [2.05, 4.69) is 24.3 Å². The van der Waals surface area contributed by atoms with Gasteiger partial charge in [-0.3, -0.25) is 0 Å². The number of ether oxygens (including phenoxy) is 4. The number of hydrogen-bond donors (Lipinski definition) is 1. The summed E-state index contributed by atoms with van der Waals surface area (Å²) in [4.78, 5) is 11.5. The van der Waals surface area contributed by atoms with Crippen molar-refractivity contribution >= 4 is 5.97 Å². The van der Waals surface area contributed by atoms with Gasteiger partial charge in [-0.05, 0) is 47.0 Å². The molecule has 6 heteroatoms. The Morgan fingerprint density at radius 1 is 0.737 bits per heavy atom. The van der Waals surface area contributed by atoms with Gasteiger partial charge in [-0.25, -0.2) is 4.79 Å². The standard InChI is InChI=1S/C32H32O6/c1-35-29-12-7-6-11-27(29)28-21-23(22-31(36-2)32(33)34)13-18-30(28)38-20-8-19-37-26-16-14-25(15-17-26)24-9-4-3-5-10-24/h3-7,9-18,21,31H,8,19-20,22H2,1-2H3,(H,33,34)/t31-/m0/s1. The normalized spacial score (nSPS) is 11.5. The van der Waals surface area contributed by atoms with Crippen LogP contribution in [0.3, 0.4) is 0 Å². The minimum atomic E-state index is -0.999. The fraction of sp³-hybridized carbons (Fsp3) is 0.219. The quantitative estimate of drug-likeness (QED) is 0.206. The SMILES string of the molecule is COc1ccccc1-c1cc(C[C@H](OC)C(=O)O)ccc1OCCCOc1ccc(-c2ccccc2)cc1. The highest BCUT2D eigenvalue weighted by molar-refractivity contribution is 5.77. The number of benzene rings is 4. The van der Waals surface area contributed by atoms with Crippen LogP contribution in [0, 0.1) is 0 Å². The molecule has 0 saturated carbocycles. The molecule has 1 N–H and O–H groups in total. The minimum Gasteiger partial charge on any atom is -0.496 e. The van der Waals surface area contributed by atoms with E-state index in [9.17, 15) is 9.90 Å². The van der Waals surface area contributed by atoms with E-state index < -0.39 is 12.1 Å². The molecule has 0 amide bonds. The van der Waals surface area contributed by atoms with Gasteiger partial charge in [0, 0.05) is 31.1 Å². The largest absolute Gasteiger partial charge is 0.496 e. The van der Waals surface area contributed by atoms with Gasteiger partial charge < -0.3 is 24.1 Å². The van der Waals surface area contributed by atoms with Crippen LogP contribution in [-0.4, -0.2) is 44.6 Å². The molecule has 0 fully saturated rings. The average Bonchev–Trinajstić information content (AvgIpc) is 2.96. The molecule has 0 aromatic heterocycles. The highest BCUT2D eigenvalue weighted by Crippen LogP contribution is 2.37. The number of carbonyl (C=O) groups is 1. The molecule has 0 aliphatic heterocycles. The Morgan fingerprint density at radius 3 is 2.13 bits per heavy atom. The first-order chi connectivity index (χ1) is 18.6. The van der Waals surface area contributed by atoms with Crippen LogP contribution in [0.2, 0.25) is 0 Å². The molecule has 1 atom stereocenters. The summed E-state index contributed by atoms with van der Waals surface area (Å²) in [5.74, 6) is 1.21. The van der Waals surface area contributed by atoms with E-state index in [4.69, 9.17) is 18.9 Å². The third kappa shape index (κ3) is 6.93. The highest BCUT2D eigenvalue weighted by atomic mass is 16.5. The number of carboxylic acids is 1. The molecule has 0 spiro atoms. The second-order valence-corrected chi connectivity index (χ2v) is 8.74. The summed E-state index contributed by atoms with van der Waals surface area (Å²) < 4.78 is 22.8. The maximum atomic E-state index is 11.5. The molecular weight excluding hydrogens is 480 g/mol. The van der Waals surface area contributed by atoms with Crippen molar-refractivity contribution in [3.63, 3.8) is 0 Å². The van der Waals surface area contributed by atoms with Gasteiger partial charge in [-0.15, -0.1) is 0 Å². The van der Waals surface area contributed by atoms with E-state index in [1.807, 2.05) is 72.8 Å². The van der Waals surface area contributed by atoms with Gasteiger partial charge in [-0.2, -0.15) is 0 Å². The van der Waals surface area contributed by atoms with Gasteiger partial charge in [0.05, 0.1) is 20.3 Å². The predicted molar refractivity (Wildman–Crippen MR) is 148 cm³/mol. The molecule has 0 unspecified atom stereocenters. The predicted octanol–water partition coefficient (Wildman–Crippen LogP) is 6.52. The van der Waals surface area contributed by atoms with Crippen molar-refractivity contribution in [1.29, 1.82) is 0 Å². The second kappa shape index (κ2) is 13.3. The van der Waals surface area contributed by atoms with Crippen molar-refractivity contribution in [1.82, 2.24) is 0 Å². The molecule has 196 valence electrons. The zero-order valence-corrected chi connectivity index (χ0v) is 21.6. The van der Waals surface area contributed by atoms with Crippen LogP contribution in [0.4, 0.5) is 0 Å². The maximum Gasteiger partial charge on any atom is 0.333 e. The fourth-order valence-corrected chi connectivity index (χ4v) is 4.20. The molecule has 38 heavy (non-hydrogen) atoms. The Balaban J connectivity index is 1.40. The number of rotatable bonds is 13. The van der Waals surface area contributed by atoms with Crippen molar-refractivity contribution < 1.29 is 28.8 Å².